The predicted molar refractivity (Wildman–Crippen MR) is 155 cm³/mol. The average molecular weight is 525 g/mol. The van der Waals surface area contributed by atoms with Gasteiger partial charge in [-0.1, -0.05) is 31.0 Å². The highest BCUT2D eigenvalue weighted by atomic mass is 32.1. The van der Waals surface area contributed by atoms with Gasteiger partial charge in [0.2, 0.25) is 5.95 Å². The lowest BCUT2D eigenvalue weighted by Crippen LogP contribution is -2.47. The number of hydrogen-bond acceptors (Lipinski definition) is 8. The Balaban J connectivity index is 1.25. The largest absolute Gasteiger partial charge is 0.379 e. The van der Waals surface area contributed by atoms with E-state index in [2.05, 4.69) is 66.6 Å². The van der Waals surface area contributed by atoms with Crippen LogP contribution in [0.4, 0.5) is 23.3 Å². The highest BCUT2D eigenvalue weighted by Crippen LogP contribution is 2.25. The summed E-state index contributed by atoms with van der Waals surface area (Å²) in [6, 6.07) is 12.8. The molecule has 0 unspecified atom stereocenters. The summed E-state index contributed by atoms with van der Waals surface area (Å²) in [7, 11) is 0. The smallest absolute Gasteiger partial charge is 0.232 e. The van der Waals surface area contributed by atoms with Crippen molar-refractivity contribution >= 4 is 40.6 Å². The third-order valence-electron chi connectivity index (χ3n) is 7.40. The van der Waals surface area contributed by atoms with Gasteiger partial charge in [0, 0.05) is 77.2 Å². The van der Waals surface area contributed by atoms with Crippen molar-refractivity contribution in [3.8, 4) is 0 Å². The first-order valence-electron chi connectivity index (χ1n) is 13.8. The minimum atomic E-state index is 0.570. The van der Waals surface area contributed by atoms with Crippen LogP contribution in [-0.4, -0.2) is 98.6 Å². The molecule has 1 aromatic heterocycles. The van der Waals surface area contributed by atoms with Gasteiger partial charge in [0.05, 0.1) is 13.2 Å². The minimum absolute atomic E-state index is 0.570. The lowest BCUT2D eigenvalue weighted by Gasteiger charge is -2.37. The SMILES string of the molecule is S=C(NCCN1CCOCC1)Nc1nc(N2CCCCCC2)cc(N2CCN(c3ccccc3)CC2)n1. The zero-order valence-corrected chi connectivity index (χ0v) is 22.6. The van der Waals surface area contributed by atoms with Gasteiger partial charge < -0.3 is 30.1 Å². The molecule has 200 valence electrons. The van der Waals surface area contributed by atoms with E-state index in [4.69, 9.17) is 26.9 Å². The molecule has 0 aliphatic carbocycles. The number of hydrogen-bond donors (Lipinski definition) is 2. The first kappa shape index (κ1) is 25.9. The normalized spacial score (nSPS) is 19.4. The maximum atomic E-state index is 5.61. The van der Waals surface area contributed by atoms with Gasteiger partial charge in [-0.15, -0.1) is 0 Å². The summed E-state index contributed by atoms with van der Waals surface area (Å²) in [5, 5.41) is 7.18. The van der Waals surface area contributed by atoms with Crippen LogP contribution in [0.2, 0.25) is 0 Å². The van der Waals surface area contributed by atoms with Crippen LogP contribution in [0.3, 0.4) is 0 Å². The Morgan fingerprint density at radius 3 is 2.08 bits per heavy atom. The molecule has 0 amide bonds. The second-order valence-corrected chi connectivity index (χ2v) is 10.4. The van der Waals surface area contributed by atoms with Crippen LogP contribution in [0.15, 0.2) is 36.4 Å². The van der Waals surface area contributed by atoms with E-state index in [1.54, 1.807) is 0 Å². The number of benzene rings is 1. The molecule has 10 heteroatoms. The molecule has 2 aromatic rings. The maximum absolute atomic E-state index is 5.61. The molecule has 4 heterocycles. The van der Waals surface area contributed by atoms with E-state index in [1.165, 1.54) is 31.4 Å². The molecule has 3 saturated heterocycles. The summed E-state index contributed by atoms with van der Waals surface area (Å²) >= 11 is 5.61. The predicted octanol–water partition coefficient (Wildman–Crippen LogP) is 2.80. The molecule has 0 atom stereocenters. The fourth-order valence-electron chi connectivity index (χ4n) is 5.23. The summed E-state index contributed by atoms with van der Waals surface area (Å²) in [5.74, 6) is 2.54. The van der Waals surface area contributed by atoms with Crippen molar-refractivity contribution in [2.45, 2.75) is 25.7 Å². The summed E-state index contributed by atoms with van der Waals surface area (Å²) in [6.07, 6.45) is 5.00. The van der Waals surface area contributed by atoms with Gasteiger partial charge in [0.15, 0.2) is 5.11 Å². The first-order valence-corrected chi connectivity index (χ1v) is 14.2. The molecule has 0 bridgehead atoms. The molecular weight excluding hydrogens is 484 g/mol. The summed E-state index contributed by atoms with van der Waals surface area (Å²) < 4.78 is 5.44. The Morgan fingerprint density at radius 2 is 1.41 bits per heavy atom. The van der Waals surface area contributed by atoms with Crippen molar-refractivity contribution in [2.24, 2.45) is 0 Å². The molecule has 0 spiro atoms. The molecule has 0 saturated carbocycles. The number of thiocarbonyl (C=S) groups is 1. The monoisotopic (exact) mass is 524 g/mol. The van der Waals surface area contributed by atoms with Gasteiger partial charge in [-0.25, -0.2) is 0 Å². The fourth-order valence-corrected chi connectivity index (χ4v) is 5.43. The maximum Gasteiger partial charge on any atom is 0.232 e. The molecule has 37 heavy (non-hydrogen) atoms. The van der Waals surface area contributed by atoms with Crippen LogP contribution in [0.1, 0.15) is 25.7 Å². The van der Waals surface area contributed by atoms with E-state index in [0.717, 1.165) is 90.3 Å². The molecule has 3 fully saturated rings. The van der Waals surface area contributed by atoms with Crippen LogP contribution in [0.25, 0.3) is 0 Å². The number of morpholine rings is 1. The van der Waals surface area contributed by atoms with Crippen molar-refractivity contribution in [3.63, 3.8) is 0 Å². The van der Waals surface area contributed by atoms with Gasteiger partial charge in [-0.3, -0.25) is 4.90 Å². The van der Waals surface area contributed by atoms with Gasteiger partial charge in [-0.2, -0.15) is 9.97 Å². The number of aromatic nitrogens is 2. The van der Waals surface area contributed by atoms with Crippen LogP contribution in [0, 0.1) is 0 Å². The Morgan fingerprint density at radius 1 is 0.784 bits per heavy atom. The Labute approximate surface area is 226 Å². The van der Waals surface area contributed by atoms with Crippen molar-refractivity contribution in [2.75, 3.05) is 98.7 Å². The molecule has 3 aliphatic heterocycles. The van der Waals surface area contributed by atoms with Crippen molar-refractivity contribution in [1.29, 1.82) is 0 Å². The first-order chi connectivity index (χ1) is 18.2. The number of ether oxygens (including phenoxy) is 1. The number of rotatable bonds is 7. The van der Waals surface area contributed by atoms with E-state index in [1.807, 2.05) is 0 Å². The second kappa shape index (κ2) is 13.2. The number of piperazine rings is 1. The highest BCUT2D eigenvalue weighted by Gasteiger charge is 2.22. The van der Waals surface area contributed by atoms with Crippen molar-refractivity contribution in [1.82, 2.24) is 20.2 Å². The topological polar surface area (TPSA) is 72.0 Å². The van der Waals surface area contributed by atoms with Gasteiger partial charge in [0.25, 0.3) is 0 Å². The molecule has 3 aliphatic rings. The lowest BCUT2D eigenvalue weighted by molar-refractivity contribution is 0.0389. The third kappa shape index (κ3) is 7.43. The van der Waals surface area contributed by atoms with Crippen molar-refractivity contribution < 1.29 is 4.74 Å². The van der Waals surface area contributed by atoms with Gasteiger partial charge in [-0.05, 0) is 37.2 Å². The van der Waals surface area contributed by atoms with E-state index in [-0.39, 0.29) is 0 Å². The number of anilines is 4. The Kier molecular flexibility index (Phi) is 9.26. The quantitative estimate of drug-likeness (QED) is 0.529. The lowest BCUT2D eigenvalue weighted by atomic mass is 10.2. The highest BCUT2D eigenvalue weighted by molar-refractivity contribution is 7.80. The minimum Gasteiger partial charge on any atom is -0.379 e. The number of nitrogens with zero attached hydrogens (tertiary/aromatic N) is 6. The van der Waals surface area contributed by atoms with Crippen LogP contribution >= 0.6 is 12.2 Å². The van der Waals surface area contributed by atoms with Crippen molar-refractivity contribution in [3.05, 3.63) is 36.4 Å². The van der Waals surface area contributed by atoms with Crippen LogP contribution in [0.5, 0.6) is 0 Å². The standard InChI is InChI=1S/C27H40N8OS/c37-27(28-10-13-32-18-20-36-21-19-32)31-26-29-24(34-11-6-1-2-7-12-34)22-25(30-26)35-16-14-33(15-17-35)23-8-4-3-5-9-23/h3-5,8-9,22H,1-2,6-7,10-21H2,(H2,28,29,30,31,37). The van der Waals surface area contributed by atoms with Crippen LogP contribution in [-0.2, 0) is 4.74 Å². The van der Waals surface area contributed by atoms with Gasteiger partial charge >= 0.3 is 0 Å². The van der Waals surface area contributed by atoms with E-state index < -0.39 is 0 Å². The Bertz CT molecular complexity index is 987. The summed E-state index contributed by atoms with van der Waals surface area (Å²) in [6.45, 7) is 11.2. The summed E-state index contributed by atoms with van der Waals surface area (Å²) in [4.78, 5) is 19.5. The molecule has 1 aromatic carbocycles. The van der Waals surface area contributed by atoms with E-state index in [9.17, 15) is 0 Å². The summed E-state index contributed by atoms with van der Waals surface area (Å²) in [5.41, 5.74) is 1.28. The Hall–Kier alpha value is -2.69. The van der Waals surface area contributed by atoms with Crippen LogP contribution < -0.4 is 25.3 Å². The van der Waals surface area contributed by atoms with Gasteiger partial charge in [0.1, 0.15) is 11.6 Å². The van der Waals surface area contributed by atoms with E-state index in [0.29, 0.717) is 11.1 Å². The average Bonchev–Trinajstić information content (AvgIpc) is 3.24. The van der Waals surface area contributed by atoms with E-state index >= 15 is 0 Å². The number of nitrogens with one attached hydrogen (secondary N) is 2. The molecular formula is C27H40N8OS. The zero-order valence-electron chi connectivity index (χ0n) is 21.8. The molecule has 2 N–H and O–H groups in total. The third-order valence-corrected chi connectivity index (χ3v) is 7.64. The second-order valence-electron chi connectivity index (χ2n) is 9.95. The molecule has 9 nitrogen and oxygen atoms in total. The molecule has 0 radical (unpaired) electrons. The fraction of sp³-hybridized carbons (Fsp3) is 0.593. The number of para-hydroxylation sites is 1. The zero-order chi connectivity index (χ0) is 25.3. The molecule has 5 rings (SSSR count).